The van der Waals surface area contributed by atoms with Crippen LogP contribution in [0.2, 0.25) is 0 Å². The molecule has 11 heteroatoms. The molecule has 0 unspecified atom stereocenters. The highest BCUT2D eigenvalue weighted by Crippen LogP contribution is 2.49. The Morgan fingerprint density at radius 2 is 1.63 bits per heavy atom. The number of methoxy groups -OCH3 is 1. The van der Waals surface area contributed by atoms with E-state index >= 15 is 0 Å². The van der Waals surface area contributed by atoms with E-state index in [2.05, 4.69) is 10.6 Å². The van der Waals surface area contributed by atoms with Crippen LogP contribution in [-0.4, -0.2) is 42.1 Å². The van der Waals surface area contributed by atoms with Crippen molar-refractivity contribution in [2.75, 3.05) is 12.4 Å². The van der Waals surface area contributed by atoms with Crippen LogP contribution in [0.1, 0.15) is 67.3 Å². The van der Waals surface area contributed by atoms with Crippen molar-refractivity contribution in [2.45, 2.75) is 63.5 Å². The fraction of sp³-hybridized carbons (Fsp3) is 0.500. The van der Waals surface area contributed by atoms with Crippen molar-refractivity contribution in [3.63, 3.8) is 0 Å². The van der Waals surface area contributed by atoms with Crippen molar-refractivity contribution in [1.82, 2.24) is 5.32 Å². The van der Waals surface area contributed by atoms with Crippen LogP contribution in [0.25, 0.3) is 0 Å². The number of carboxylic acid groups (broad SMARTS) is 1. The van der Waals surface area contributed by atoms with Gasteiger partial charge in [-0.25, -0.2) is 13.2 Å². The smallest absolute Gasteiger partial charge is 0.306 e. The van der Waals surface area contributed by atoms with Crippen molar-refractivity contribution in [3.05, 3.63) is 53.3 Å². The van der Waals surface area contributed by atoms with Gasteiger partial charge in [0.15, 0.2) is 11.6 Å². The second-order valence-electron chi connectivity index (χ2n) is 11.2. The van der Waals surface area contributed by atoms with Gasteiger partial charge in [0.2, 0.25) is 5.91 Å². The summed E-state index contributed by atoms with van der Waals surface area (Å²) in [6.07, 6.45) is 1.26. The van der Waals surface area contributed by atoms with Gasteiger partial charge >= 0.3 is 5.97 Å². The Balaban J connectivity index is 1.30. The average molecular weight is 575 g/mol. The topological polar surface area (TPSA) is 114 Å². The van der Waals surface area contributed by atoms with Crippen molar-refractivity contribution < 1.29 is 42.1 Å². The third-order valence-corrected chi connectivity index (χ3v) is 8.76. The number of halogens is 3. The summed E-state index contributed by atoms with van der Waals surface area (Å²) in [5.74, 6) is -3.27. The minimum absolute atomic E-state index is 0.0187. The first-order valence-electron chi connectivity index (χ1n) is 13.9. The highest BCUT2D eigenvalue weighted by Gasteiger charge is 2.51. The van der Waals surface area contributed by atoms with Gasteiger partial charge in [-0.2, -0.15) is 0 Å². The fourth-order valence-electron chi connectivity index (χ4n) is 6.62. The van der Waals surface area contributed by atoms with Gasteiger partial charge in [0, 0.05) is 23.4 Å². The number of hydrogen-bond donors (Lipinski definition) is 3. The van der Waals surface area contributed by atoms with Crippen molar-refractivity contribution in [1.29, 1.82) is 0 Å². The zero-order valence-electron chi connectivity index (χ0n) is 22.6. The first-order chi connectivity index (χ1) is 19.6. The molecule has 2 aromatic carbocycles. The monoisotopic (exact) mass is 574 g/mol. The zero-order chi connectivity index (χ0) is 29.3. The van der Waals surface area contributed by atoms with Gasteiger partial charge in [0.25, 0.3) is 12.3 Å². The summed E-state index contributed by atoms with van der Waals surface area (Å²) >= 11 is 0. The zero-order valence-corrected chi connectivity index (χ0v) is 22.6. The molecule has 3 N–H and O–H groups in total. The summed E-state index contributed by atoms with van der Waals surface area (Å²) in [7, 11) is 1.33. The number of hydrogen-bond acceptors (Lipinski definition) is 5. The van der Waals surface area contributed by atoms with Crippen molar-refractivity contribution in [2.24, 2.45) is 23.7 Å². The molecule has 3 fully saturated rings. The van der Waals surface area contributed by atoms with Gasteiger partial charge in [-0.15, -0.1) is 0 Å². The number of aliphatic carboxylic acids is 1. The van der Waals surface area contributed by atoms with Gasteiger partial charge in [0.1, 0.15) is 5.75 Å². The van der Waals surface area contributed by atoms with E-state index in [1.54, 1.807) is 0 Å². The second-order valence-corrected chi connectivity index (χ2v) is 11.2. The Labute approximate surface area is 235 Å². The maximum atomic E-state index is 14.9. The number of benzene rings is 2. The number of amides is 2. The van der Waals surface area contributed by atoms with E-state index in [9.17, 15) is 32.7 Å². The predicted molar refractivity (Wildman–Crippen MR) is 143 cm³/mol. The molecule has 3 saturated carbocycles. The Morgan fingerprint density at radius 3 is 2.27 bits per heavy atom. The van der Waals surface area contributed by atoms with Crippen LogP contribution in [0.4, 0.5) is 18.9 Å². The molecule has 2 amide bonds. The first-order valence-corrected chi connectivity index (χ1v) is 13.9. The third kappa shape index (κ3) is 6.13. The molecule has 0 radical (unpaired) electrons. The number of ether oxygens (including phenoxy) is 2. The van der Waals surface area contributed by atoms with Crippen LogP contribution in [-0.2, 0) is 9.59 Å². The van der Waals surface area contributed by atoms with E-state index in [4.69, 9.17) is 9.47 Å². The van der Waals surface area contributed by atoms with E-state index in [0.29, 0.717) is 31.4 Å². The van der Waals surface area contributed by atoms with Crippen LogP contribution in [0, 0.1) is 29.5 Å². The maximum Gasteiger partial charge on any atom is 0.306 e. The number of carbonyl (C=O) groups excluding carboxylic acids is 2. The van der Waals surface area contributed by atoms with Gasteiger partial charge in [-0.05, 0) is 75.0 Å². The molecule has 0 aliphatic heterocycles. The van der Waals surface area contributed by atoms with Gasteiger partial charge in [-0.1, -0.05) is 12.1 Å². The molecule has 0 spiro atoms. The lowest BCUT2D eigenvalue weighted by Crippen LogP contribution is -2.48. The van der Waals surface area contributed by atoms with Gasteiger partial charge < -0.3 is 25.2 Å². The van der Waals surface area contributed by atoms with E-state index in [1.165, 1.54) is 37.4 Å². The molecule has 3 aliphatic rings. The summed E-state index contributed by atoms with van der Waals surface area (Å²) in [4.78, 5) is 38.1. The Bertz CT molecular complexity index is 1300. The average Bonchev–Trinajstić information content (AvgIpc) is 3.56. The van der Waals surface area contributed by atoms with Gasteiger partial charge in [-0.3, -0.25) is 14.4 Å². The lowest BCUT2D eigenvalue weighted by molar-refractivity contribution is -0.143. The molecule has 5 rings (SSSR count). The Hall–Kier alpha value is -3.76. The van der Waals surface area contributed by atoms with Crippen molar-refractivity contribution in [3.8, 4) is 11.5 Å². The highest BCUT2D eigenvalue weighted by atomic mass is 19.3. The molecule has 2 aromatic rings. The Morgan fingerprint density at radius 1 is 0.951 bits per heavy atom. The molecule has 2 bridgehead atoms. The summed E-state index contributed by atoms with van der Waals surface area (Å²) in [5, 5.41) is 15.0. The summed E-state index contributed by atoms with van der Waals surface area (Å²) in [5.41, 5.74) is 0.317. The molecule has 8 nitrogen and oxygen atoms in total. The lowest BCUT2D eigenvalue weighted by atomic mass is 9.83. The summed E-state index contributed by atoms with van der Waals surface area (Å²) in [6.45, 7) is 0. The normalized spacial score (nSPS) is 27.0. The molecule has 41 heavy (non-hydrogen) atoms. The van der Waals surface area contributed by atoms with Crippen LogP contribution in [0.5, 0.6) is 11.5 Å². The fourth-order valence-corrected chi connectivity index (χ4v) is 6.62. The number of alkyl halides is 2. The largest absolute Gasteiger partial charge is 0.496 e. The molecule has 0 aromatic heterocycles. The van der Waals surface area contributed by atoms with Crippen LogP contribution >= 0.6 is 0 Å². The van der Waals surface area contributed by atoms with Crippen LogP contribution in [0.15, 0.2) is 36.4 Å². The van der Waals surface area contributed by atoms with Crippen LogP contribution < -0.4 is 20.1 Å². The number of fused-ring (bicyclic) bond motifs is 2. The lowest BCUT2D eigenvalue weighted by Gasteiger charge is -2.31. The molecular weight excluding hydrogens is 541 g/mol. The summed E-state index contributed by atoms with van der Waals surface area (Å²) < 4.78 is 51.8. The molecule has 3 aliphatic carbocycles. The number of anilines is 1. The standard InChI is InChI=1S/C30H33F3N2O6/c1-40-23-14-22(31)24(41-20-10-6-16(7-11-20)30(38)39)13-21(23)28(36)35-26-18-3-2-17(12-18)25(26)29(37)34-19-8-4-15(5-9-19)27(32)33/h4-5,8-9,13-14,16-18,20,25-27H,2-3,6-7,10-12H2,1H3,(H,34,37)(H,35,36)(H,38,39)/t16?,17-,18+,20?,25+,26-/m1/s1. The quantitative estimate of drug-likeness (QED) is 0.361. The SMILES string of the molecule is COc1cc(F)c(OC2CCC(C(=O)O)CC2)cc1C(=O)N[C@@H]1[C@H]2CC[C@H](C2)[C@@H]1C(=O)Nc1ccc(C(F)F)cc1. The van der Waals surface area contributed by atoms with Crippen LogP contribution in [0.3, 0.4) is 0 Å². The number of rotatable bonds is 9. The maximum absolute atomic E-state index is 14.9. The minimum Gasteiger partial charge on any atom is -0.496 e. The first kappa shape index (κ1) is 28.8. The molecule has 220 valence electrons. The van der Waals surface area contributed by atoms with E-state index < -0.39 is 42.0 Å². The Kier molecular flexibility index (Phi) is 8.42. The number of carbonyl (C=O) groups is 3. The third-order valence-electron chi connectivity index (χ3n) is 8.76. The number of nitrogens with one attached hydrogen (secondary N) is 2. The number of carboxylic acids is 1. The van der Waals surface area contributed by atoms with E-state index in [1.807, 2.05) is 0 Å². The second kappa shape index (κ2) is 12.0. The molecular formula is C30H33F3N2O6. The van der Waals surface area contributed by atoms with E-state index in [0.717, 1.165) is 25.3 Å². The highest BCUT2D eigenvalue weighted by molar-refractivity contribution is 5.99. The van der Waals surface area contributed by atoms with Gasteiger partial charge in [0.05, 0.1) is 30.6 Å². The minimum atomic E-state index is -2.61. The molecule has 4 atom stereocenters. The molecule has 0 saturated heterocycles. The molecule has 0 heterocycles. The van der Waals surface area contributed by atoms with Crippen molar-refractivity contribution >= 4 is 23.5 Å². The van der Waals surface area contributed by atoms with E-state index in [-0.39, 0.29) is 46.5 Å². The summed E-state index contributed by atoms with van der Waals surface area (Å²) in [6, 6.07) is 7.29. The predicted octanol–water partition coefficient (Wildman–Crippen LogP) is 5.58.